The molecule has 1 N–H and O–H groups in total. The van der Waals surface area contributed by atoms with Gasteiger partial charge in [-0.3, -0.25) is 0 Å². The van der Waals surface area contributed by atoms with E-state index in [0.717, 1.165) is 18.6 Å². The van der Waals surface area contributed by atoms with E-state index in [4.69, 9.17) is 4.74 Å². The van der Waals surface area contributed by atoms with Crippen molar-refractivity contribution in [2.24, 2.45) is 5.92 Å². The Labute approximate surface area is 112 Å². The third kappa shape index (κ3) is 2.75. The predicted molar refractivity (Wildman–Crippen MR) is 74.7 cm³/mol. The van der Waals surface area contributed by atoms with E-state index in [1.807, 2.05) is 0 Å². The largest absolute Gasteiger partial charge is 0.375 e. The smallest absolute Gasteiger partial charge is 0.0697 e. The summed E-state index contributed by atoms with van der Waals surface area (Å²) in [6.07, 6.45) is 13.7. The standard InChI is InChI=1S/C16H29NO/c1-13(14-6-3-2-4-7-14)17-15-8-11-18-16(12-15)9-5-10-16/h13-15,17H,2-12H2,1H3/t13-,15?/m0/s1. The molecule has 2 nitrogen and oxygen atoms in total. The van der Waals surface area contributed by atoms with Gasteiger partial charge in [-0.05, 0) is 57.8 Å². The highest BCUT2D eigenvalue weighted by molar-refractivity contribution is 4.96. The molecule has 3 fully saturated rings. The summed E-state index contributed by atoms with van der Waals surface area (Å²) in [7, 11) is 0. The lowest BCUT2D eigenvalue weighted by atomic mass is 9.73. The molecular formula is C16H29NO. The van der Waals surface area contributed by atoms with Crippen molar-refractivity contribution in [3.8, 4) is 0 Å². The molecule has 3 aliphatic rings. The molecule has 1 spiro atoms. The van der Waals surface area contributed by atoms with Crippen LogP contribution in [0.25, 0.3) is 0 Å². The molecule has 0 aromatic rings. The summed E-state index contributed by atoms with van der Waals surface area (Å²) >= 11 is 0. The molecule has 1 heterocycles. The minimum atomic E-state index is 0.294. The quantitative estimate of drug-likeness (QED) is 0.826. The number of ether oxygens (including phenoxy) is 1. The second-order valence-corrected chi connectivity index (χ2v) is 6.93. The van der Waals surface area contributed by atoms with Crippen molar-refractivity contribution in [1.82, 2.24) is 5.32 Å². The average molecular weight is 251 g/mol. The highest BCUT2D eigenvalue weighted by Gasteiger charge is 2.42. The molecule has 104 valence electrons. The van der Waals surface area contributed by atoms with E-state index in [0.29, 0.717) is 11.6 Å². The first-order chi connectivity index (χ1) is 8.77. The summed E-state index contributed by atoms with van der Waals surface area (Å²) in [5.74, 6) is 0.930. The van der Waals surface area contributed by atoms with Gasteiger partial charge in [0.1, 0.15) is 0 Å². The maximum absolute atomic E-state index is 6.02. The van der Waals surface area contributed by atoms with Crippen molar-refractivity contribution >= 4 is 0 Å². The molecule has 0 amide bonds. The summed E-state index contributed by atoms with van der Waals surface area (Å²) in [6.45, 7) is 3.40. The van der Waals surface area contributed by atoms with E-state index in [1.54, 1.807) is 0 Å². The van der Waals surface area contributed by atoms with Gasteiger partial charge in [-0.2, -0.15) is 0 Å². The van der Waals surface area contributed by atoms with Gasteiger partial charge in [-0.15, -0.1) is 0 Å². The Morgan fingerprint density at radius 1 is 1.06 bits per heavy atom. The number of hydrogen-bond donors (Lipinski definition) is 1. The van der Waals surface area contributed by atoms with E-state index in [1.165, 1.54) is 64.2 Å². The minimum Gasteiger partial charge on any atom is -0.375 e. The van der Waals surface area contributed by atoms with Crippen molar-refractivity contribution in [2.75, 3.05) is 6.61 Å². The molecule has 0 aromatic carbocycles. The maximum Gasteiger partial charge on any atom is 0.0697 e. The zero-order valence-electron chi connectivity index (χ0n) is 11.9. The fourth-order valence-corrected chi connectivity index (χ4v) is 4.23. The van der Waals surface area contributed by atoms with E-state index >= 15 is 0 Å². The Hall–Kier alpha value is -0.0800. The van der Waals surface area contributed by atoms with Crippen LogP contribution in [0.5, 0.6) is 0 Å². The van der Waals surface area contributed by atoms with Crippen molar-refractivity contribution in [3.05, 3.63) is 0 Å². The molecule has 0 radical (unpaired) electrons. The lowest BCUT2D eigenvalue weighted by Gasteiger charge is -2.48. The van der Waals surface area contributed by atoms with Crippen LogP contribution in [0.15, 0.2) is 0 Å². The number of rotatable bonds is 3. The SMILES string of the molecule is C[C@H](NC1CCOC2(CCC2)C1)C1CCCCC1. The molecule has 2 atom stereocenters. The lowest BCUT2D eigenvalue weighted by Crippen LogP contribution is -2.53. The molecule has 1 saturated heterocycles. The van der Waals surface area contributed by atoms with Gasteiger partial charge in [0.15, 0.2) is 0 Å². The molecule has 2 heteroatoms. The molecule has 1 aliphatic heterocycles. The van der Waals surface area contributed by atoms with Crippen LogP contribution in [0.3, 0.4) is 0 Å². The zero-order valence-corrected chi connectivity index (χ0v) is 11.9. The van der Waals surface area contributed by atoms with Gasteiger partial charge < -0.3 is 10.1 Å². The van der Waals surface area contributed by atoms with Crippen LogP contribution in [0.1, 0.15) is 71.1 Å². The fourth-order valence-electron chi connectivity index (χ4n) is 4.23. The fraction of sp³-hybridized carbons (Fsp3) is 1.00. The monoisotopic (exact) mass is 251 g/mol. The van der Waals surface area contributed by atoms with Gasteiger partial charge in [0, 0.05) is 18.7 Å². The molecule has 2 aliphatic carbocycles. The molecule has 0 bridgehead atoms. The predicted octanol–water partition coefficient (Wildman–Crippen LogP) is 3.65. The Kier molecular flexibility index (Phi) is 3.95. The van der Waals surface area contributed by atoms with Gasteiger partial charge in [0.25, 0.3) is 0 Å². The van der Waals surface area contributed by atoms with Crippen LogP contribution < -0.4 is 5.32 Å². The van der Waals surface area contributed by atoms with Crippen LogP contribution in [0.2, 0.25) is 0 Å². The zero-order chi connectivity index (χ0) is 12.4. The van der Waals surface area contributed by atoms with Crippen molar-refractivity contribution in [3.63, 3.8) is 0 Å². The van der Waals surface area contributed by atoms with Crippen molar-refractivity contribution in [2.45, 2.75) is 88.8 Å². The highest BCUT2D eigenvalue weighted by atomic mass is 16.5. The Morgan fingerprint density at radius 2 is 1.83 bits per heavy atom. The summed E-state index contributed by atoms with van der Waals surface area (Å²) < 4.78 is 6.02. The molecule has 1 unspecified atom stereocenters. The van der Waals surface area contributed by atoms with Gasteiger partial charge in [0.2, 0.25) is 0 Å². The first kappa shape index (κ1) is 12.9. The Morgan fingerprint density at radius 3 is 2.50 bits per heavy atom. The highest BCUT2D eigenvalue weighted by Crippen LogP contribution is 2.42. The van der Waals surface area contributed by atoms with E-state index in [9.17, 15) is 0 Å². The average Bonchev–Trinajstić information content (AvgIpc) is 2.38. The molecule has 18 heavy (non-hydrogen) atoms. The maximum atomic E-state index is 6.02. The van der Waals surface area contributed by atoms with E-state index in [-0.39, 0.29) is 0 Å². The second kappa shape index (κ2) is 5.50. The van der Waals surface area contributed by atoms with Gasteiger partial charge in [0.05, 0.1) is 5.60 Å². The van der Waals surface area contributed by atoms with E-state index in [2.05, 4.69) is 12.2 Å². The normalized spacial score (nSPS) is 34.2. The van der Waals surface area contributed by atoms with Crippen LogP contribution in [0, 0.1) is 5.92 Å². The number of nitrogens with one attached hydrogen (secondary N) is 1. The first-order valence-corrected chi connectivity index (χ1v) is 8.17. The van der Waals surface area contributed by atoms with Gasteiger partial charge in [-0.25, -0.2) is 0 Å². The summed E-state index contributed by atoms with van der Waals surface area (Å²) in [5, 5.41) is 3.93. The van der Waals surface area contributed by atoms with Crippen LogP contribution in [-0.4, -0.2) is 24.3 Å². The summed E-state index contributed by atoms with van der Waals surface area (Å²) in [6, 6.07) is 1.43. The van der Waals surface area contributed by atoms with Gasteiger partial charge in [-0.1, -0.05) is 19.3 Å². The molecular weight excluding hydrogens is 222 g/mol. The lowest BCUT2D eigenvalue weighted by molar-refractivity contribution is -0.136. The van der Waals surface area contributed by atoms with Crippen LogP contribution >= 0.6 is 0 Å². The first-order valence-electron chi connectivity index (χ1n) is 8.17. The molecule has 0 aromatic heterocycles. The van der Waals surface area contributed by atoms with Gasteiger partial charge >= 0.3 is 0 Å². The van der Waals surface area contributed by atoms with Crippen molar-refractivity contribution < 1.29 is 4.74 Å². The third-order valence-electron chi connectivity index (χ3n) is 5.61. The Balaban J connectivity index is 1.49. The summed E-state index contributed by atoms with van der Waals surface area (Å²) in [4.78, 5) is 0. The number of hydrogen-bond acceptors (Lipinski definition) is 2. The molecule has 2 saturated carbocycles. The van der Waals surface area contributed by atoms with E-state index < -0.39 is 0 Å². The topological polar surface area (TPSA) is 21.3 Å². The van der Waals surface area contributed by atoms with Crippen LogP contribution in [0.4, 0.5) is 0 Å². The third-order valence-corrected chi connectivity index (χ3v) is 5.61. The van der Waals surface area contributed by atoms with Crippen LogP contribution in [-0.2, 0) is 4.74 Å². The minimum absolute atomic E-state index is 0.294. The van der Waals surface area contributed by atoms with Crippen molar-refractivity contribution in [1.29, 1.82) is 0 Å². The molecule has 3 rings (SSSR count). The summed E-state index contributed by atoms with van der Waals surface area (Å²) in [5.41, 5.74) is 0.294. The second-order valence-electron chi connectivity index (χ2n) is 6.93. The Bertz CT molecular complexity index is 268.